The Labute approximate surface area is 102 Å². The van der Waals surface area contributed by atoms with Gasteiger partial charge in [-0.05, 0) is 12.1 Å². The van der Waals surface area contributed by atoms with E-state index in [2.05, 4.69) is 9.98 Å². The Bertz CT molecular complexity index is 618. The number of nitrogens with one attached hydrogen (secondary N) is 1. The van der Waals surface area contributed by atoms with E-state index in [9.17, 15) is 4.79 Å². The van der Waals surface area contributed by atoms with Crippen LogP contribution in [0.3, 0.4) is 0 Å². The van der Waals surface area contributed by atoms with Gasteiger partial charge in [-0.25, -0.2) is 4.79 Å². The van der Waals surface area contributed by atoms with Gasteiger partial charge in [0.05, 0.1) is 5.04 Å². The van der Waals surface area contributed by atoms with Crippen LogP contribution in [-0.4, -0.2) is 32.9 Å². The average molecular weight is 246 g/mol. The minimum absolute atomic E-state index is 0.519. The number of benzene rings is 1. The van der Waals surface area contributed by atoms with Crippen molar-refractivity contribution in [2.24, 2.45) is 4.99 Å². The zero-order chi connectivity index (χ0) is 11.8. The van der Waals surface area contributed by atoms with Crippen molar-refractivity contribution in [1.29, 1.82) is 0 Å². The van der Waals surface area contributed by atoms with Gasteiger partial charge in [0.1, 0.15) is 0 Å². The zero-order valence-corrected chi connectivity index (χ0v) is 9.70. The lowest BCUT2D eigenvalue weighted by Gasteiger charge is -2.01. The fourth-order valence-electron chi connectivity index (χ4n) is 1.92. The van der Waals surface area contributed by atoms with Crippen molar-refractivity contribution in [3.05, 3.63) is 36.0 Å². The van der Waals surface area contributed by atoms with Crippen molar-refractivity contribution in [3.63, 3.8) is 0 Å². The molecular weight excluding hydrogens is 236 g/mol. The lowest BCUT2D eigenvalue weighted by molar-refractivity contribution is -0.137. The predicted octanol–water partition coefficient (Wildman–Crippen LogP) is 2.11. The summed E-state index contributed by atoms with van der Waals surface area (Å²) in [6.45, 7) is 0. The molecule has 1 aliphatic heterocycles. The molecule has 0 saturated carbocycles. The second-order valence-corrected chi connectivity index (χ2v) is 4.85. The van der Waals surface area contributed by atoms with Crippen LogP contribution < -0.4 is 0 Å². The lowest BCUT2D eigenvalue weighted by atomic mass is 10.1. The van der Waals surface area contributed by atoms with Gasteiger partial charge in [-0.1, -0.05) is 12.1 Å². The summed E-state index contributed by atoms with van der Waals surface area (Å²) in [5.74, 6) is -0.334. The number of carbonyl (C=O) groups is 1. The quantitative estimate of drug-likeness (QED) is 0.853. The molecule has 0 amide bonds. The minimum atomic E-state index is -0.853. The van der Waals surface area contributed by atoms with E-state index in [0.717, 1.165) is 21.5 Å². The molecule has 0 radical (unpaired) electrons. The zero-order valence-electron chi connectivity index (χ0n) is 8.88. The first-order valence-electron chi connectivity index (χ1n) is 5.25. The molecule has 1 aromatic carbocycles. The number of carboxylic acid groups (broad SMARTS) is 1. The number of carboxylic acids is 1. The highest BCUT2D eigenvalue weighted by molar-refractivity contribution is 8.14. The van der Waals surface area contributed by atoms with Crippen molar-refractivity contribution >= 4 is 33.7 Å². The molecule has 0 aliphatic carbocycles. The number of aliphatic carboxylic acids is 1. The Morgan fingerprint density at radius 3 is 3.12 bits per heavy atom. The van der Waals surface area contributed by atoms with Gasteiger partial charge in [0.25, 0.3) is 0 Å². The van der Waals surface area contributed by atoms with Crippen molar-refractivity contribution in [2.45, 2.75) is 6.04 Å². The molecule has 0 unspecified atom stereocenters. The van der Waals surface area contributed by atoms with E-state index in [1.165, 1.54) is 11.8 Å². The number of nitrogens with zero attached hydrogens (tertiary/aromatic N) is 1. The van der Waals surface area contributed by atoms with E-state index >= 15 is 0 Å². The molecule has 0 saturated heterocycles. The summed E-state index contributed by atoms with van der Waals surface area (Å²) in [6.07, 6.45) is 1.88. The molecule has 3 rings (SSSR count). The van der Waals surface area contributed by atoms with E-state index < -0.39 is 12.0 Å². The average Bonchev–Trinajstić information content (AvgIpc) is 2.97. The Morgan fingerprint density at radius 2 is 2.35 bits per heavy atom. The van der Waals surface area contributed by atoms with E-state index in [4.69, 9.17) is 5.11 Å². The number of aliphatic imine (C=N–C) groups is 1. The van der Waals surface area contributed by atoms with Crippen LogP contribution in [0, 0.1) is 0 Å². The fraction of sp³-hybridized carbons (Fsp3) is 0.167. The Kier molecular flexibility index (Phi) is 2.40. The molecule has 5 heteroatoms. The third kappa shape index (κ3) is 1.72. The van der Waals surface area contributed by atoms with Gasteiger partial charge >= 0.3 is 5.97 Å². The van der Waals surface area contributed by atoms with Crippen LogP contribution in [-0.2, 0) is 4.79 Å². The van der Waals surface area contributed by atoms with Gasteiger partial charge in [-0.3, -0.25) is 4.99 Å². The first-order valence-corrected chi connectivity index (χ1v) is 6.24. The van der Waals surface area contributed by atoms with Crippen LogP contribution >= 0.6 is 11.8 Å². The summed E-state index contributed by atoms with van der Waals surface area (Å²) in [4.78, 5) is 18.3. The lowest BCUT2D eigenvalue weighted by Crippen LogP contribution is -2.17. The molecule has 1 aliphatic rings. The number of thioether (sulfide) groups is 1. The Hall–Kier alpha value is -1.75. The van der Waals surface area contributed by atoms with Crippen molar-refractivity contribution in [3.8, 4) is 0 Å². The van der Waals surface area contributed by atoms with Crippen LogP contribution in [0.5, 0.6) is 0 Å². The molecule has 1 atom stereocenters. The largest absolute Gasteiger partial charge is 0.480 e. The van der Waals surface area contributed by atoms with E-state index in [1.54, 1.807) is 0 Å². The first-order chi connectivity index (χ1) is 8.25. The summed E-state index contributed by atoms with van der Waals surface area (Å²) in [5.41, 5.74) is 2.06. The third-order valence-electron chi connectivity index (χ3n) is 2.76. The molecule has 2 N–H and O–H groups in total. The SMILES string of the molecule is O=C(O)[C@@H]1CSC(c2cccc3[nH]ccc23)=N1. The highest BCUT2D eigenvalue weighted by Crippen LogP contribution is 2.28. The molecule has 0 bridgehead atoms. The van der Waals surface area contributed by atoms with Crippen LogP contribution in [0.15, 0.2) is 35.5 Å². The van der Waals surface area contributed by atoms with Gasteiger partial charge in [0.15, 0.2) is 6.04 Å². The standard InChI is InChI=1S/C12H10N2O2S/c15-12(16)10-6-17-11(14-10)8-2-1-3-9-7(8)4-5-13-9/h1-5,10,13H,6H2,(H,15,16)/t10-/m0/s1. The molecule has 2 heterocycles. The number of H-pyrrole nitrogens is 1. The Balaban J connectivity index is 2.08. The summed E-state index contributed by atoms with van der Waals surface area (Å²) in [6, 6.07) is 7.30. The molecule has 4 nitrogen and oxygen atoms in total. The van der Waals surface area contributed by atoms with E-state index in [1.807, 2.05) is 30.5 Å². The molecule has 17 heavy (non-hydrogen) atoms. The van der Waals surface area contributed by atoms with Crippen molar-refractivity contribution < 1.29 is 9.90 Å². The number of fused-ring (bicyclic) bond motifs is 1. The number of rotatable bonds is 2. The molecule has 1 aromatic heterocycles. The monoisotopic (exact) mass is 246 g/mol. The van der Waals surface area contributed by atoms with Crippen LogP contribution in [0.25, 0.3) is 10.9 Å². The van der Waals surface area contributed by atoms with Crippen LogP contribution in [0.1, 0.15) is 5.56 Å². The molecule has 86 valence electrons. The normalized spacial score (nSPS) is 19.5. The highest BCUT2D eigenvalue weighted by atomic mass is 32.2. The summed E-state index contributed by atoms with van der Waals surface area (Å²) in [7, 11) is 0. The van der Waals surface area contributed by atoms with Gasteiger partial charge in [-0.15, -0.1) is 11.8 Å². The fourth-order valence-corrected chi connectivity index (χ4v) is 2.99. The smallest absolute Gasteiger partial charge is 0.329 e. The highest BCUT2D eigenvalue weighted by Gasteiger charge is 2.25. The second kappa shape index (κ2) is 3.92. The number of hydrogen-bond donors (Lipinski definition) is 2. The van der Waals surface area contributed by atoms with Gasteiger partial charge < -0.3 is 10.1 Å². The molecule has 2 aromatic rings. The molecule has 0 spiro atoms. The number of aromatic amines is 1. The van der Waals surface area contributed by atoms with E-state index in [-0.39, 0.29) is 0 Å². The van der Waals surface area contributed by atoms with Gasteiger partial charge in [-0.2, -0.15) is 0 Å². The summed E-state index contributed by atoms with van der Waals surface area (Å²) < 4.78 is 0. The van der Waals surface area contributed by atoms with E-state index in [0.29, 0.717) is 5.75 Å². The number of aromatic nitrogens is 1. The van der Waals surface area contributed by atoms with Crippen molar-refractivity contribution in [2.75, 3.05) is 5.75 Å². The maximum Gasteiger partial charge on any atom is 0.329 e. The van der Waals surface area contributed by atoms with Crippen LogP contribution in [0.4, 0.5) is 0 Å². The molecular formula is C12H10N2O2S. The number of hydrogen-bond acceptors (Lipinski definition) is 3. The van der Waals surface area contributed by atoms with Crippen LogP contribution in [0.2, 0.25) is 0 Å². The topological polar surface area (TPSA) is 65.4 Å². The van der Waals surface area contributed by atoms with Gasteiger partial charge in [0.2, 0.25) is 0 Å². The summed E-state index contributed by atoms with van der Waals surface area (Å²) >= 11 is 1.51. The maximum atomic E-state index is 10.9. The Morgan fingerprint density at radius 1 is 1.47 bits per heavy atom. The van der Waals surface area contributed by atoms with Crippen molar-refractivity contribution in [1.82, 2.24) is 4.98 Å². The third-order valence-corrected chi connectivity index (χ3v) is 3.84. The van der Waals surface area contributed by atoms with Gasteiger partial charge in [0, 0.05) is 28.4 Å². The maximum absolute atomic E-state index is 10.9. The summed E-state index contributed by atoms with van der Waals surface area (Å²) in [5, 5.41) is 10.8. The second-order valence-electron chi connectivity index (χ2n) is 3.84. The minimum Gasteiger partial charge on any atom is -0.480 e. The predicted molar refractivity (Wildman–Crippen MR) is 68.7 cm³/mol. The molecule has 0 fully saturated rings. The first kappa shape index (κ1) is 10.4.